The Morgan fingerprint density at radius 1 is 1.53 bits per heavy atom. The molecule has 0 aromatic carbocycles. The number of ether oxygens (including phenoxy) is 1. The van der Waals surface area contributed by atoms with E-state index >= 15 is 0 Å². The van der Waals surface area contributed by atoms with Crippen molar-refractivity contribution in [2.75, 3.05) is 6.54 Å². The Morgan fingerprint density at radius 2 is 2.20 bits per heavy atom. The zero-order valence-corrected chi connectivity index (χ0v) is 9.23. The Hall–Kier alpha value is -1.32. The zero-order chi connectivity index (χ0) is 11.4. The summed E-state index contributed by atoms with van der Waals surface area (Å²) in [7, 11) is 0. The van der Waals surface area contributed by atoms with E-state index in [0.717, 1.165) is 6.42 Å². The van der Waals surface area contributed by atoms with Gasteiger partial charge in [0.2, 0.25) is 5.91 Å². The Labute approximate surface area is 89.9 Å². The summed E-state index contributed by atoms with van der Waals surface area (Å²) in [4.78, 5) is 24.6. The fourth-order valence-corrected chi connectivity index (χ4v) is 1.70. The number of rotatable bonds is 3. The molecule has 0 radical (unpaired) electrons. The van der Waals surface area contributed by atoms with E-state index in [4.69, 9.17) is 4.74 Å². The molecule has 1 heterocycles. The molecule has 4 nitrogen and oxygen atoms in total. The van der Waals surface area contributed by atoms with Crippen LogP contribution in [0.15, 0.2) is 12.7 Å². The van der Waals surface area contributed by atoms with Crippen molar-refractivity contribution < 1.29 is 14.3 Å². The molecule has 15 heavy (non-hydrogen) atoms. The van der Waals surface area contributed by atoms with Gasteiger partial charge in [-0.25, -0.2) is 4.79 Å². The van der Waals surface area contributed by atoms with Crippen LogP contribution in [0.25, 0.3) is 0 Å². The molecule has 4 heteroatoms. The molecular formula is C11H17NO3. The number of esters is 1. The fourth-order valence-electron chi connectivity index (χ4n) is 1.70. The smallest absolute Gasteiger partial charge is 0.329 e. The van der Waals surface area contributed by atoms with E-state index in [2.05, 4.69) is 6.58 Å². The van der Waals surface area contributed by atoms with Gasteiger partial charge in [0.05, 0.1) is 6.10 Å². The summed E-state index contributed by atoms with van der Waals surface area (Å²) in [6.07, 6.45) is 2.63. The lowest BCUT2D eigenvalue weighted by molar-refractivity contribution is -0.155. The minimum absolute atomic E-state index is 0.140. The summed E-state index contributed by atoms with van der Waals surface area (Å²) in [6, 6.07) is -0.419. The number of carbonyl (C=O) groups excluding carboxylic acids is 2. The van der Waals surface area contributed by atoms with Crippen molar-refractivity contribution in [2.24, 2.45) is 0 Å². The molecular weight excluding hydrogens is 194 g/mol. The highest BCUT2D eigenvalue weighted by atomic mass is 16.5. The van der Waals surface area contributed by atoms with Crippen LogP contribution in [0, 0.1) is 0 Å². The van der Waals surface area contributed by atoms with Gasteiger partial charge in [0.25, 0.3) is 0 Å². The predicted molar refractivity (Wildman–Crippen MR) is 56.2 cm³/mol. The molecule has 1 aliphatic heterocycles. The lowest BCUT2D eigenvalue weighted by Gasteiger charge is -2.22. The van der Waals surface area contributed by atoms with Gasteiger partial charge >= 0.3 is 5.97 Å². The number of amides is 1. The average Bonchev–Trinajstić information content (AvgIpc) is 2.63. The van der Waals surface area contributed by atoms with Gasteiger partial charge in [0.1, 0.15) is 6.04 Å². The molecule has 0 saturated carbocycles. The first-order valence-corrected chi connectivity index (χ1v) is 5.19. The van der Waals surface area contributed by atoms with Crippen LogP contribution in [-0.2, 0) is 14.3 Å². The first-order chi connectivity index (χ1) is 7.06. The molecule has 0 N–H and O–H groups in total. The van der Waals surface area contributed by atoms with Crippen LogP contribution in [0.1, 0.15) is 26.7 Å². The molecule has 1 amide bonds. The first-order valence-electron chi connectivity index (χ1n) is 5.19. The van der Waals surface area contributed by atoms with Crippen LogP contribution >= 0.6 is 0 Å². The number of hydrogen-bond donors (Lipinski definition) is 0. The lowest BCUT2D eigenvalue weighted by Crippen LogP contribution is -2.41. The number of likely N-dealkylation sites (tertiary alicyclic amines) is 1. The Bertz CT molecular complexity index is 273. The van der Waals surface area contributed by atoms with Gasteiger partial charge in [-0.2, -0.15) is 0 Å². The van der Waals surface area contributed by atoms with E-state index in [0.29, 0.717) is 13.0 Å². The first kappa shape index (κ1) is 11.8. The van der Waals surface area contributed by atoms with Crippen molar-refractivity contribution in [3.8, 4) is 0 Å². The SMILES string of the molecule is C=CC(=O)N1CCC[C@H]1C(=O)OC(C)C. The third-order valence-corrected chi connectivity index (χ3v) is 2.33. The lowest BCUT2D eigenvalue weighted by atomic mass is 10.2. The van der Waals surface area contributed by atoms with E-state index in [9.17, 15) is 9.59 Å². The molecule has 1 aliphatic rings. The van der Waals surface area contributed by atoms with Crippen LogP contribution < -0.4 is 0 Å². The third kappa shape index (κ3) is 2.81. The van der Waals surface area contributed by atoms with E-state index in [1.165, 1.54) is 11.0 Å². The molecule has 0 bridgehead atoms. The highest BCUT2D eigenvalue weighted by molar-refractivity contribution is 5.91. The van der Waals surface area contributed by atoms with Crippen molar-refractivity contribution in [3.63, 3.8) is 0 Å². The fraction of sp³-hybridized carbons (Fsp3) is 0.636. The quantitative estimate of drug-likeness (QED) is 0.519. The van der Waals surface area contributed by atoms with Gasteiger partial charge in [-0.15, -0.1) is 0 Å². The maximum atomic E-state index is 11.6. The summed E-state index contributed by atoms with van der Waals surface area (Å²) < 4.78 is 5.09. The summed E-state index contributed by atoms with van der Waals surface area (Å²) in [5.74, 6) is -0.504. The molecule has 84 valence electrons. The molecule has 0 aromatic heterocycles. The third-order valence-electron chi connectivity index (χ3n) is 2.33. The summed E-state index contributed by atoms with van der Waals surface area (Å²) >= 11 is 0. The highest BCUT2D eigenvalue weighted by Crippen LogP contribution is 2.19. The average molecular weight is 211 g/mol. The van der Waals surface area contributed by atoms with E-state index < -0.39 is 6.04 Å². The highest BCUT2D eigenvalue weighted by Gasteiger charge is 2.34. The van der Waals surface area contributed by atoms with Crippen molar-refractivity contribution >= 4 is 11.9 Å². The molecule has 0 spiro atoms. The molecule has 0 unspecified atom stereocenters. The van der Waals surface area contributed by atoms with Crippen LogP contribution in [0.5, 0.6) is 0 Å². The van der Waals surface area contributed by atoms with E-state index in [1.807, 2.05) is 0 Å². The summed E-state index contributed by atoms with van der Waals surface area (Å²) in [5.41, 5.74) is 0. The van der Waals surface area contributed by atoms with Crippen molar-refractivity contribution in [2.45, 2.75) is 38.8 Å². The minimum atomic E-state index is -0.419. The zero-order valence-electron chi connectivity index (χ0n) is 9.23. The van der Waals surface area contributed by atoms with Gasteiger partial charge in [0.15, 0.2) is 0 Å². The van der Waals surface area contributed by atoms with Gasteiger partial charge in [0, 0.05) is 6.54 Å². The molecule has 0 aliphatic carbocycles. The molecule has 1 rings (SSSR count). The number of nitrogens with zero attached hydrogens (tertiary/aromatic N) is 1. The second-order valence-corrected chi connectivity index (χ2v) is 3.88. The maximum absolute atomic E-state index is 11.6. The second kappa shape index (κ2) is 4.96. The molecule has 1 saturated heterocycles. The maximum Gasteiger partial charge on any atom is 0.329 e. The van der Waals surface area contributed by atoms with Gasteiger partial charge in [-0.05, 0) is 32.8 Å². The largest absolute Gasteiger partial charge is 0.461 e. The Morgan fingerprint density at radius 3 is 2.73 bits per heavy atom. The van der Waals surface area contributed by atoms with E-state index in [-0.39, 0.29) is 18.0 Å². The minimum Gasteiger partial charge on any atom is -0.461 e. The number of carbonyl (C=O) groups is 2. The topological polar surface area (TPSA) is 46.6 Å². The molecule has 0 aromatic rings. The van der Waals surface area contributed by atoms with Crippen LogP contribution in [0.3, 0.4) is 0 Å². The monoisotopic (exact) mass is 211 g/mol. The Balaban J connectivity index is 2.63. The van der Waals surface area contributed by atoms with Crippen LogP contribution in [0.2, 0.25) is 0 Å². The van der Waals surface area contributed by atoms with E-state index in [1.54, 1.807) is 13.8 Å². The van der Waals surface area contributed by atoms with Crippen LogP contribution in [0.4, 0.5) is 0 Å². The van der Waals surface area contributed by atoms with Crippen molar-refractivity contribution in [1.82, 2.24) is 4.90 Å². The molecule has 1 atom stereocenters. The van der Waals surface area contributed by atoms with Gasteiger partial charge in [-0.1, -0.05) is 6.58 Å². The standard InChI is InChI=1S/C11H17NO3/c1-4-10(13)12-7-5-6-9(12)11(14)15-8(2)3/h4,8-9H,1,5-7H2,2-3H3/t9-/m0/s1. The van der Waals surface area contributed by atoms with Gasteiger partial charge in [-0.3, -0.25) is 4.79 Å². The predicted octanol–water partition coefficient (Wildman–Crippen LogP) is 1.11. The normalized spacial score (nSPS) is 20.5. The number of hydrogen-bond acceptors (Lipinski definition) is 3. The van der Waals surface area contributed by atoms with Crippen molar-refractivity contribution in [1.29, 1.82) is 0 Å². The van der Waals surface area contributed by atoms with Gasteiger partial charge < -0.3 is 9.64 Å². The Kier molecular flexibility index (Phi) is 3.88. The second-order valence-electron chi connectivity index (χ2n) is 3.88. The van der Waals surface area contributed by atoms with Crippen molar-refractivity contribution in [3.05, 3.63) is 12.7 Å². The summed E-state index contributed by atoms with van der Waals surface area (Å²) in [5, 5.41) is 0. The molecule has 1 fully saturated rings. The summed E-state index contributed by atoms with van der Waals surface area (Å²) in [6.45, 7) is 7.63. The van der Waals surface area contributed by atoms with Crippen LogP contribution in [-0.4, -0.2) is 35.5 Å².